The predicted octanol–water partition coefficient (Wildman–Crippen LogP) is 0.873. The van der Waals surface area contributed by atoms with Gasteiger partial charge in [0.25, 0.3) is 10.0 Å². The van der Waals surface area contributed by atoms with Crippen molar-refractivity contribution in [2.45, 2.75) is 30.0 Å². The van der Waals surface area contributed by atoms with Crippen LogP contribution >= 0.6 is 11.3 Å². The molecule has 1 aromatic rings. The van der Waals surface area contributed by atoms with Crippen LogP contribution in [0, 0.1) is 5.92 Å². The second-order valence-electron chi connectivity index (χ2n) is 5.60. The fourth-order valence-electron chi connectivity index (χ4n) is 2.68. The van der Waals surface area contributed by atoms with Crippen molar-refractivity contribution >= 4 is 27.3 Å². The smallest absolute Gasteiger partial charge is 0.250 e. The lowest BCUT2D eigenvalue weighted by Crippen LogP contribution is -2.49. The third-order valence-corrected chi connectivity index (χ3v) is 6.82. The molecule has 2 N–H and O–H groups in total. The minimum atomic E-state index is -3.61. The van der Waals surface area contributed by atoms with E-state index in [2.05, 4.69) is 10.0 Å². The summed E-state index contributed by atoms with van der Waals surface area (Å²) in [5.41, 5.74) is 0. The van der Waals surface area contributed by atoms with Crippen LogP contribution in [0.3, 0.4) is 0 Å². The fraction of sp³-hybridized carbons (Fsp3) is 0.643. The Kier molecular flexibility index (Phi) is 5.96. The van der Waals surface area contributed by atoms with Gasteiger partial charge in [0.15, 0.2) is 0 Å². The molecule has 1 aromatic heterocycles. The summed E-state index contributed by atoms with van der Waals surface area (Å²) < 4.78 is 27.0. The van der Waals surface area contributed by atoms with Crippen LogP contribution in [0.2, 0.25) is 0 Å². The maximum Gasteiger partial charge on any atom is 0.250 e. The summed E-state index contributed by atoms with van der Waals surface area (Å²) in [5.74, 6) is 0.440. The Hall–Kier alpha value is -0.960. The van der Waals surface area contributed by atoms with E-state index in [1.807, 2.05) is 7.05 Å². The van der Waals surface area contributed by atoms with Crippen molar-refractivity contribution in [3.63, 3.8) is 0 Å². The van der Waals surface area contributed by atoms with Crippen LogP contribution in [-0.2, 0) is 14.8 Å². The molecule has 1 aliphatic rings. The lowest BCUT2D eigenvalue weighted by atomic mass is 9.96. The molecule has 2 rings (SSSR count). The quantitative estimate of drug-likeness (QED) is 0.802. The van der Waals surface area contributed by atoms with Crippen LogP contribution in [-0.4, -0.2) is 51.9 Å². The van der Waals surface area contributed by atoms with Crippen LogP contribution in [0.25, 0.3) is 0 Å². The van der Waals surface area contributed by atoms with Gasteiger partial charge in [-0.25, -0.2) is 8.42 Å². The molecule has 1 fully saturated rings. The molecule has 1 aliphatic heterocycles. The average molecular weight is 345 g/mol. The average Bonchev–Trinajstić information content (AvgIpc) is 3.02. The Morgan fingerprint density at radius 3 is 2.68 bits per heavy atom. The maximum absolute atomic E-state index is 12.4. The van der Waals surface area contributed by atoms with E-state index < -0.39 is 16.1 Å². The lowest BCUT2D eigenvalue weighted by molar-refractivity contribution is -0.133. The number of nitrogens with one attached hydrogen (secondary N) is 2. The zero-order valence-electron chi connectivity index (χ0n) is 12.9. The van der Waals surface area contributed by atoms with Crippen molar-refractivity contribution in [1.82, 2.24) is 14.9 Å². The minimum Gasteiger partial charge on any atom is -0.341 e. The first-order chi connectivity index (χ1) is 10.4. The highest BCUT2D eigenvalue weighted by Gasteiger charge is 2.28. The van der Waals surface area contributed by atoms with E-state index in [0.29, 0.717) is 19.0 Å². The molecule has 1 unspecified atom stereocenters. The van der Waals surface area contributed by atoms with E-state index >= 15 is 0 Å². The Morgan fingerprint density at radius 1 is 1.45 bits per heavy atom. The van der Waals surface area contributed by atoms with Gasteiger partial charge in [0.1, 0.15) is 4.21 Å². The molecule has 0 spiro atoms. The minimum absolute atomic E-state index is 0.150. The number of sulfonamides is 1. The van der Waals surface area contributed by atoms with Gasteiger partial charge in [-0.2, -0.15) is 4.72 Å². The number of hydrogen-bond donors (Lipinski definition) is 2. The highest BCUT2D eigenvalue weighted by molar-refractivity contribution is 7.91. The maximum atomic E-state index is 12.4. The summed E-state index contributed by atoms with van der Waals surface area (Å²) >= 11 is 1.14. The normalized spacial score (nSPS) is 18.4. The number of likely N-dealkylation sites (tertiary alicyclic amines) is 1. The summed E-state index contributed by atoms with van der Waals surface area (Å²) in [4.78, 5) is 14.2. The summed E-state index contributed by atoms with van der Waals surface area (Å²) in [6.45, 7) is 3.95. The highest BCUT2D eigenvalue weighted by atomic mass is 32.2. The molecule has 1 atom stereocenters. The summed E-state index contributed by atoms with van der Waals surface area (Å²) in [7, 11) is -1.68. The molecule has 0 aliphatic carbocycles. The number of thiophene rings is 1. The van der Waals surface area contributed by atoms with Gasteiger partial charge in [-0.3, -0.25) is 4.79 Å². The van der Waals surface area contributed by atoms with Gasteiger partial charge in [0.2, 0.25) is 5.91 Å². The van der Waals surface area contributed by atoms with Crippen molar-refractivity contribution in [3.8, 4) is 0 Å². The van der Waals surface area contributed by atoms with Gasteiger partial charge >= 0.3 is 0 Å². The van der Waals surface area contributed by atoms with Crippen LogP contribution in [0.1, 0.15) is 19.8 Å². The number of hydrogen-bond acceptors (Lipinski definition) is 5. The fourth-order valence-corrected chi connectivity index (χ4v) is 4.88. The number of piperidine rings is 1. The van der Waals surface area contributed by atoms with Crippen LogP contribution in [0.4, 0.5) is 0 Å². The molecule has 2 heterocycles. The molecule has 1 saturated heterocycles. The zero-order chi connectivity index (χ0) is 16.2. The van der Waals surface area contributed by atoms with E-state index in [1.165, 1.54) is 6.07 Å². The molecule has 0 radical (unpaired) electrons. The third-order valence-electron chi connectivity index (χ3n) is 3.88. The lowest BCUT2D eigenvalue weighted by Gasteiger charge is -2.33. The first kappa shape index (κ1) is 17.4. The van der Waals surface area contributed by atoms with E-state index in [1.54, 1.807) is 23.3 Å². The molecule has 0 aromatic carbocycles. The SMILES string of the molecule is CNCC1CCN(C(=O)C(C)NS(=O)(=O)c2cccs2)CC1. The highest BCUT2D eigenvalue weighted by Crippen LogP contribution is 2.19. The largest absolute Gasteiger partial charge is 0.341 e. The molecule has 22 heavy (non-hydrogen) atoms. The number of carbonyl (C=O) groups excluding carboxylic acids is 1. The second kappa shape index (κ2) is 7.54. The number of nitrogens with zero attached hydrogens (tertiary/aromatic N) is 1. The Morgan fingerprint density at radius 2 is 2.14 bits per heavy atom. The summed E-state index contributed by atoms with van der Waals surface area (Å²) in [5, 5.41) is 4.86. The molecule has 0 saturated carbocycles. The van der Waals surface area contributed by atoms with E-state index in [-0.39, 0.29) is 10.1 Å². The van der Waals surface area contributed by atoms with E-state index in [9.17, 15) is 13.2 Å². The molecule has 1 amide bonds. The second-order valence-corrected chi connectivity index (χ2v) is 8.49. The zero-order valence-corrected chi connectivity index (χ0v) is 14.5. The molecule has 124 valence electrons. The standard InChI is InChI=1S/C14H23N3O3S2/c1-11(16-22(19,20)13-4-3-9-21-13)14(18)17-7-5-12(6-8-17)10-15-2/h3-4,9,11-12,15-16H,5-8,10H2,1-2H3. The van der Waals surface area contributed by atoms with Crippen molar-refractivity contribution in [1.29, 1.82) is 0 Å². The monoisotopic (exact) mass is 345 g/mol. The number of carbonyl (C=O) groups is 1. The van der Waals surface area contributed by atoms with Gasteiger partial charge in [-0.05, 0) is 50.7 Å². The van der Waals surface area contributed by atoms with Crippen LogP contribution < -0.4 is 10.0 Å². The molecule has 0 bridgehead atoms. The molecule has 8 heteroatoms. The van der Waals surface area contributed by atoms with Crippen LogP contribution in [0.5, 0.6) is 0 Å². The Balaban J connectivity index is 1.90. The van der Waals surface area contributed by atoms with Gasteiger partial charge in [-0.15, -0.1) is 11.3 Å². The van der Waals surface area contributed by atoms with E-state index in [4.69, 9.17) is 0 Å². The molecule has 6 nitrogen and oxygen atoms in total. The summed E-state index contributed by atoms with van der Waals surface area (Å²) in [6.07, 6.45) is 1.91. The summed E-state index contributed by atoms with van der Waals surface area (Å²) in [6, 6.07) is 2.47. The third kappa shape index (κ3) is 4.28. The number of amides is 1. The molecular formula is C14H23N3O3S2. The topological polar surface area (TPSA) is 78.5 Å². The Labute approximate surface area is 135 Å². The van der Waals surface area contributed by atoms with Gasteiger partial charge in [0.05, 0.1) is 6.04 Å². The number of rotatable bonds is 6. The Bertz CT molecular complexity index is 578. The van der Waals surface area contributed by atoms with Crippen molar-refractivity contribution in [2.75, 3.05) is 26.7 Å². The first-order valence-electron chi connectivity index (χ1n) is 7.43. The van der Waals surface area contributed by atoms with Gasteiger partial charge in [0, 0.05) is 13.1 Å². The first-order valence-corrected chi connectivity index (χ1v) is 9.79. The van der Waals surface area contributed by atoms with E-state index in [0.717, 1.165) is 30.7 Å². The van der Waals surface area contributed by atoms with Crippen LogP contribution in [0.15, 0.2) is 21.7 Å². The van der Waals surface area contributed by atoms with Crippen molar-refractivity contribution in [3.05, 3.63) is 17.5 Å². The predicted molar refractivity (Wildman–Crippen MR) is 87.3 cm³/mol. The molecular weight excluding hydrogens is 322 g/mol. The van der Waals surface area contributed by atoms with Gasteiger partial charge < -0.3 is 10.2 Å². The van der Waals surface area contributed by atoms with Gasteiger partial charge in [-0.1, -0.05) is 6.07 Å². The van der Waals surface area contributed by atoms with Crippen molar-refractivity contribution in [2.24, 2.45) is 5.92 Å². The van der Waals surface area contributed by atoms with Crippen molar-refractivity contribution < 1.29 is 13.2 Å².